The van der Waals surface area contributed by atoms with Crippen molar-refractivity contribution in [3.63, 3.8) is 0 Å². The molecule has 0 heterocycles. The molecule has 0 aromatic carbocycles. The van der Waals surface area contributed by atoms with E-state index in [9.17, 15) is 13.2 Å². The molecule has 0 saturated carbocycles. The van der Waals surface area contributed by atoms with Crippen LogP contribution < -0.4 is 4.72 Å². The Bertz CT molecular complexity index is 321. The van der Waals surface area contributed by atoms with Crippen LogP contribution in [0.5, 0.6) is 0 Å². The van der Waals surface area contributed by atoms with Crippen molar-refractivity contribution in [3.05, 3.63) is 0 Å². The molecule has 0 aliphatic rings. The number of hydrogen-bond acceptors (Lipinski definition) is 5. The molecular weight excluding hydrogens is 304 g/mol. The van der Waals surface area contributed by atoms with Crippen LogP contribution in [0, 0.1) is 0 Å². The van der Waals surface area contributed by atoms with Crippen molar-refractivity contribution >= 4 is 32.2 Å². The van der Waals surface area contributed by atoms with Gasteiger partial charge in [0.2, 0.25) is 0 Å². The molecule has 0 aliphatic carbocycles. The molecule has 0 radical (unpaired) electrons. The molecule has 0 fully saturated rings. The Morgan fingerprint density at radius 3 is 2.50 bits per heavy atom. The van der Waals surface area contributed by atoms with E-state index < -0.39 is 16.3 Å². The van der Waals surface area contributed by atoms with Gasteiger partial charge in [0, 0.05) is 20.7 Å². The maximum atomic E-state index is 11.5. The minimum atomic E-state index is -3.86. The zero-order valence-electron chi connectivity index (χ0n) is 9.27. The SMILES string of the molecule is COCC(Br)CN(C)S(=O)(=O)NC(=O)OC. The molecule has 0 rings (SSSR count). The molecule has 7 nitrogen and oxygen atoms in total. The molecule has 0 aliphatic heterocycles. The zero-order chi connectivity index (χ0) is 12.8. The van der Waals surface area contributed by atoms with Gasteiger partial charge in [0.15, 0.2) is 0 Å². The average Bonchev–Trinajstić information content (AvgIpc) is 2.17. The second-order valence-electron chi connectivity index (χ2n) is 2.93. The number of carbonyl (C=O) groups excluding carboxylic acids is 1. The maximum Gasteiger partial charge on any atom is 0.421 e. The summed E-state index contributed by atoms with van der Waals surface area (Å²) in [5, 5.41) is 0. The van der Waals surface area contributed by atoms with E-state index in [1.165, 1.54) is 14.2 Å². The minimum Gasteiger partial charge on any atom is -0.452 e. The molecule has 1 unspecified atom stereocenters. The number of rotatable bonds is 6. The van der Waals surface area contributed by atoms with E-state index in [4.69, 9.17) is 4.74 Å². The quantitative estimate of drug-likeness (QED) is 0.693. The molecule has 0 saturated heterocycles. The maximum absolute atomic E-state index is 11.5. The van der Waals surface area contributed by atoms with Gasteiger partial charge in [-0.25, -0.2) is 9.52 Å². The highest BCUT2D eigenvalue weighted by Gasteiger charge is 2.22. The van der Waals surface area contributed by atoms with E-state index in [0.717, 1.165) is 11.4 Å². The number of hydrogen-bond donors (Lipinski definition) is 1. The van der Waals surface area contributed by atoms with E-state index in [1.54, 1.807) is 4.72 Å². The van der Waals surface area contributed by atoms with Crippen LogP contribution in [0.1, 0.15) is 0 Å². The van der Waals surface area contributed by atoms with Gasteiger partial charge in [0.1, 0.15) is 0 Å². The van der Waals surface area contributed by atoms with Crippen molar-refractivity contribution in [1.82, 2.24) is 9.03 Å². The first kappa shape index (κ1) is 15.6. The Morgan fingerprint density at radius 2 is 2.06 bits per heavy atom. The fourth-order valence-corrected chi connectivity index (χ4v) is 2.55. The van der Waals surface area contributed by atoms with Crippen LogP contribution in [-0.4, -0.2) is 58.1 Å². The summed E-state index contributed by atoms with van der Waals surface area (Å²) in [6, 6.07) is 0. The second kappa shape index (κ2) is 7.05. The number of nitrogens with zero attached hydrogens (tertiary/aromatic N) is 1. The van der Waals surface area contributed by atoms with Crippen LogP contribution >= 0.6 is 15.9 Å². The molecule has 96 valence electrons. The smallest absolute Gasteiger partial charge is 0.421 e. The molecule has 16 heavy (non-hydrogen) atoms. The van der Waals surface area contributed by atoms with Gasteiger partial charge in [-0.3, -0.25) is 0 Å². The van der Waals surface area contributed by atoms with Gasteiger partial charge in [-0.15, -0.1) is 0 Å². The molecule has 0 aromatic heterocycles. The molecule has 1 atom stereocenters. The van der Waals surface area contributed by atoms with Crippen molar-refractivity contribution in [3.8, 4) is 0 Å². The third kappa shape index (κ3) is 5.64. The van der Waals surface area contributed by atoms with Crippen LogP contribution in [-0.2, 0) is 19.7 Å². The normalized spacial score (nSPS) is 13.6. The molecule has 1 N–H and O–H groups in total. The standard InChI is InChI=1S/C7H15BrN2O5S/c1-10(4-6(8)5-14-2)16(12,13)9-7(11)15-3/h6H,4-5H2,1-3H3,(H,9,11). The Labute approximate surface area is 103 Å². The fraction of sp³-hybridized carbons (Fsp3) is 0.857. The Balaban J connectivity index is 4.35. The van der Waals surface area contributed by atoms with Crippen molar-refractivity contribution in [2.24, 2.45) is 0 Å². The van der Waals surface area contributed by atoms with E-state index in [2.05, 4.69) is 20.7 Å². The number of carbonyl (C=O) groups is 1. The topological polar surface area (TPSA) is 84.9 Å². The van der Waals surface area contributed by atoms with E-state index in [0.29, 0.717) is 6.61 Å². The summed E-state index contributed by atoms with van der Waals surface area (Å²) >= 11 is 3.24. The van der Waals surface area contributed by atoms with E-state index in [1.807, 2.05) is 0 Å². The highest BCUT2D eigenvalue weighted by molar-refractivity contribution is 9.09. The zero-order valence-corrected chi connectivity index (χ0v) is 11.7. The summed E-state index contributed by atoms with van der Waals surface area (Å²) in [6.07, 6.45) is -1.02. The molecule has 1 amide bonds. The molecule has 0 aromatic rings. The molecule has 0 spiro atoms. The summed E-state index contributed by atoms with van der Waals surface area (Å²) in [5.41, 5.74) is 0. The van der Waals surface area contributed by atoms with Gasteiger partial charge in [0.25, 0.3) is 0 Å². The van der Waals surface area contributed by atoms with Gasteiger partial charge in [-0.1, -0.05) is 15.9 Å². The first-order valence-corrected chi connectivity index (χ1v) is 6.64. The number of alkyl halides is 1. The Kier molecular flexibility index (Phi) is 6.88. The Morgan fingerprint density at radius 1 is 1.50 bits per heavy atom. The predicted molar refractivity (Wildman–Crippen MR) is 61.7 cm³/mol. The first-order valence-electron chi connectivity index (χ1n) is 4.28. The fourth-order valence-electron chi connectivity index (χ4n) is 0.836. The van der Waals surface area contributed by atoms with Crippen LogP contribution in [0.3, 0.4) is 0 Å². The minimum absolute atomic E-state index is 0.156. The molecule has 9 heteroatoms. The van der Waals surface area contributed by atoms with Crippen molar-refractivity contribution < 1.29 is 22.7 Å². The van der Waals surface area contributed by atoms with Gasteiger partial charge in [-0.05, 0) is 0 Å². The lowest BCUT2D eigenvalue weighted by Crippen LogP contribution is -2.44. The van der Waals surface area contributed by atoms with Crippen molar-refractivity contribution in [2.45, 2.75) is 4.83 Å². The summed E-state index contributed by atoms with van der Waals surface area (Å²) in [4.78, 5) is 10.6. The molecular formula is C7H15BrN2O5S. The third-order valence-corrected chi connectivity index (χ3v) is 3.56. The van der Waals surface area contributed by atoms with Crippen molar-refractivity contribution in [1.29, 1.82) is 0 Å². The monoisotopic (exact) mass is 318 g/mol. The highest BCUT2D eigenvalue weighted by Crippen LogP contribution is 2.05. The summed E-state index contributed by atoms with van der Waals surface area (Å²) < 4.78 is 34.7. The van der Waals surface area contributed by atoms with Crippen molar-refractivity contribution in [2.75, 3.05) is 34.4 Å². The van der Waals surface area contributed by atoms with Crippen LogP contribution in [0.4, 0.5) is 4.79 Å². The summed E-state index contributed by atoms with van der Waals surface area (Å²) in [5.74, 6) is 0. The second-order valence-corrected chi connectivity index (χ2v) is 6.00. The van der Waals surface area contributed by atoms with Crippen LogP contribution in [0.25, 0.3) is 0 Å². The highest BCUT2D eigenvalue weighted by atomic mass is 79.9. The lowest BCUT2D eigenvalue weighted by molar-refractivity contribution is 0.176. The number of ether oxygens (including phenoxy) is 2. The first-order chi connectivity index (χ1) is 7.33. The lowest BCUT2D eigenvalue weighted by Gasteiger charge is -2.19. The van der Waals surface area contributed by atoms with E-state index >= 15 is 0 Å². The lowest BCUT2D eigenvalue weighted by atomic mass is 10.4. The molecule has 0 bridgehead atoms. The number of halogens is 1. The summed E-state index contributed by atoms with van der Waals surface area (Å²) in [7, 11) is 0.0765. The average molecular weight is 319 g/mol. The Hall–Kier alpha value is -0.380. The van der Waals surface area contributed by atoms with Gasteiger partial charge in [-0.2, -0.15) is 12.7 Å². The van der Waals surface area contributed by atoms with E-state index in [-0.39, 0.29) is 11.4 Å². The van der Waals surface area contributed by atoms with Gasteiger partial charge >= 0.3 is 16.3 Å². The number of nitrogens with one attached hydrogen (secondary N) is 1. The predicted octanol–water partition coefficient (Wildman–Crippen LogP) is -0.0711. The largest absolute Gasteiger partial charge is 0.452 e. The third-order valence-electron chi connectivity index (χ3n) is 1.61. The number of methoxy groups -OCH3 is 2. The van der Waals surface area contributed by atoms with Crippen LogP contribution in [0.15, 0.2) is 0 Å². The van der Waals surface area contributed by atoms with Gasteiger partial charge < -0.3 is 9.47 Å². The van der Waals surface area contributed by atoms with Crippen LogP contribution in [0.2, 0.25) is 0 Å². The van der Waals surface area contributed by atoms with Gasteiger partial charge in [0.05, 0.1) is 18.5 Å². The summed E-state index contributed by atoms with van der Waals surface area (Å²) in [6.45, 7) is 0.526. The number of amides is 1.